The van der Waals surface area contributed by atoms with Crippen LogP contribution >= 0.6 is 0 Å². The Labute approximate surface area is 226 Å². The molecule has 0 aromatic heterocycles. The molecule has 204 valence electrons. The van der Waals surface area contributed by atoms with E-state index in [0.29, 0.717) is 41.5 Å². The van der Waals surface area contributed by atoms with Crippen LogP contribution in [0.2, 0.25) is 0 Å². The molecule has 0 saturated carbocycles. The summed E-state index contributed by atoms with van der Waals surface area (Å²) in [7, 11) is 1.43. The monoisotopic (exact) mass is 533 g/mol. The highest BCUT2D eigenvalue weighted by Crippen LogP contribution is 2.28. The average Bonchev–Trinajstić information content (AvgIpc) is 2.95. The lowest BCUT2D eigenvalue weighted by atomic mass is 10.2. The summed E-state index contributed by atoms with van der Waals surface area (Å²) in [4.78, 5) is 36.8. The predicted octanol–water partition coefficient (Wildman–Crippen LogP) is 4.58. The lowest BCUT2D eigenvalue weighted by Gasteiger charge is -2.10. The van der Waals surface area contributed by atoms with Crippen molar-refractivity contribution in [2.75, 3.05) is 25.6 Å². The minimum Gasteiger partial charge on any atom is -0.494 e. The van der Waals surface area contributed by atoms with Crippen molar-refractivity contribution in [2.24, 2.45) is 5.10 Å². The van der Waals surface area contributed by atoms with Crippen molar-refractivity contribution >= 4 is 29.7 Å². The molecule has 0 radical (unpaired) electrons. The van der Waals surface area contributed by atoms with Crippen molar-refractivity contribution in [3.8, 4) is 23.0 Å². The molecule has 0 fully saturated rings. The maximum absolute atomic E-state index is 12.6. The Morgan fingerprint density at radius 3 is 2.21 bits per heavy atom. The van der Waals surface area contributed by atoms with Crippen LogP contribution in [-0.2, 0) is 9.59 Å². The van der Waals surface area contributed by atoms with Gasteiger partial charge in [0.2, 0.25) is 0 Å². The summed E-state index contributed by atoms with van der Waals surface area (Å²) in [5.74, 6) is -0.547. The second kappa shape index (κ2) is 14.8. The number of esters is 1. The number of nitrogens with zero attached hydrogens (tertiary/aromatic N) is 1. The number of methoxy groups -OCH3 is 1. The largest absolute Gasteiger partial charge is 0.494 e. The highest BCUT2D eigenvalue weighted by Gasteiger charge is 2.14. The van der Waals surface area contributed by atoms with Crippen LogP contribution in [0, 0.1) is 0 Å². The molecule has 0 aliphatic carbocycles. The van der Waals surface area contributed by atoms with Crippen LogP contribution in [0.15, 0.2) is 71.8 Å². The first-order valence-electron chi connectivity index (χ1n) is 12.4. The molecule has 2 amide bonds. The van der Waals surface area contributed by atoms with Gasteiger partial charge in [0.1, 0.15) is 11.5 Å². The molecule has 0 unspecified atom stereocenters. The first-order chi connectivity index (χ1) is 18.9. The molecule has 0 aliphatic rings. The van der Waals surface area contributed by atoms with Gasteiger partial charge in [-0.15, -0.1) is 0 Å². The lowest BCUT2D eigenvalue weighted by molar-refractivity contribution is -0.136. The van der Waals surface area contributed by atoms with E-state index in [1.165, 1.54) is 13.3 Å². The van der Waals surface area contributed by atoms with E-state index in [1.807, 2.05) is 6.92 Å². The molecule has 2 N–H and O–H groups in total. The molecule has 10 heteroatoms. The Hall–Kier alpha value is -4.86. The fourth-order valence-corrected chi connectivity index (χ4v) is 3.23. The minimum atomic E-state index is -0.945. The van der Waals surface area contributed by atoms with E-state index in [1.54, 1.807) is 66.7 Å². The predicted molar refractivity (Wildman–Crippen MR) is 147 cm³/mol. The summed E-state index contributed by atoms with van der Waals surface area (Å²) in [5, 5.41) is 6.29. The van der Waals surface area contributed by atoms with E-state index in [2.05, 4.69) is 22.8 Å². The van der Waals surface area contributed by atoms with Crippen molar-refractivity contribution in [1.82, 2.24) is 5.43 Å². The molecule has 3 rings (SSSR count). The number of unbranched alkanes of at least 4 members (excludes halogenated alkanes) is 1. The summed E-state index contributed by atoms with van der Waals surface area (Å²) < 4.78 is 21.8. The fourth-order valence-electron chi connectivity index (χ4n) is 3.23. The number of hydrogen-bond acceptors (Lipinski definition) is 8. The van der Waals surface area contributed by atoms with Gasteiger partial charge in [0.15, 0.2) is 11.5 Å². The Morgan fingerprint density at radius 2 is 1.54 bits per heavy atom. The van der Waals surface area contributed by atoms with Crippen LogP contribution in [0.25, 0.3) is 0 Å². The summed E-state index contributed by atoms with van der Waals surface area (Å²) >= 11 is 0. The van der Waals surface area contributed by atoms with Gasteiger partial charge in [-0.25, -0.2) is 10.2 Å². The summed E-state index contributed by atoms with van der Waals surface area (Å²) in [6, 6.07) is 18.0. The maximum Gasteiger partial charge on any atom is 0.343 e. The molecule has 10 nitrogen and oxygen atoms in total. The summed E-state index contributed by atoms with van der Waals surface area (Å²) in [6.45, 7) is 5.09. The number of hydrazone groups is 1. The highest BCUT2D eigenvalue weighted by molar-refractivity contribution is 6.39. The highest BCUT2D eigenvalue weighted by atomic mass is 16.6. The van der Waals surface area contributed by atoms with Crippen LogP contribution in [0.4, 0.5) is 5.69 Å². The van der Waals surface area contributed by atoms with E-state index in [-0.39, 0.29) is 11.5 Å². The van der Waals surface area contributed by atoms with E-state index in [9.17, 15) is 14.4 Å². The van der Waals surface area contributed by atoms with Crippen molar-refractivity contribution in [2.45, 2.75) is 26.7 Å². The third kappa shape index (κ3) is 8.89. The molecule has 3 aromatic carbocycles. The van der Waals surface area contributed by atoms with Crippen LogP contribution < -0.4 is 29.7 Å². The number of carbonyl (C=O) groups excluding carboxylic acids is 3. The van der Waals surface area contributed by atoms with Gasteiger partial charge >= 0.3 is 17.8 Å². The zero-order valence-electron chi connectivity index (χ0n) is 22.1. The molecular formula is C29H31N3O7. The van der Waals surface area contributed by atoms with E-state index >= 15 is 0 Å². The van der Waals surface area contributed by atoms with Gasteiger partial charge in [-0.2, -0.15) is 5.10 Å². The standard InChI is InChI=1S/C29H31N3O7/c1-4-6-17-38-24-12-8-21(9-13-24)29(35)39-25-16-7-20(18-26(25)36-3)19-30-32-28(34)27(33)31-22-10-14-23(15-11-22)37-5-2/h7-16,18-19H,4-6,17H2,1-3H3,(H,31,33)(H,32,34)/b30-19+. The molecule has 0 spiro atoms. The number of benzene rings is 3. The van der Waals surface area contributed by atoms with Crippen LogP contribution in [0.3, 0.4) is 0 Å². The van der Waals surface area contributed by atoms with E-state index in [0.717, 1.165) is 12.8 Å². The zero-order chi connectivity index (χ0) is 28.0. The van der Waals surface area contributed by atoms with Gasteiger partial charge in [0.25, 0.3) is 0 Å². The molecule has 0 aliphatic heterocycles. The molecule has 0 atom stereocenters. The van der Waals surface area contributed by atoms with Crippen molar-refractivity contribution in [1.29, 1.82) is 0 Å². The van der Waals surface area contributed by atoms with Gasteiger partial charge in [-0.05, 0) is 85.6 Å². The smallest absolute Gasteiger partial charge is 0.343 e. The number of amides is 2. The van der Waals surface area contributed by atoms with Crippen molar-refractivity contribution in [3.63, 3.8) is 0 Å². The van der Waals surface area contributed by atoms with E-state index in [4.69, 9.17) is 18.9 Å². The Balaban J connectivity index is 1.54. The summed E-state index contributed by atoms with van der Waals surface area (Å²) in [5.41, 5.74) is 3.50. The first kappa shape index (κ1) is 28.7. The molecular weight excluding hydrogens is 502 g/mol. The summed E-state index contributed by atoms with van der Waals surface area (Å²) in [6.07, 6.45) is 3.32. The maximum atomic E-state index is 12.6. The Morgan fingerprint density at radius 1 is 0.846 bits per heavy atom. The topological polar surface area (TPSA) is 125 Å². The van der Waals surface area contributed by atoms with Gasteiger partial charge in [-0.1, -0.05) is 13.3 Å². The number of rotatable bonds is 12. The zero-order valence-corrected chi connectivity index (χ0v) is 22.1. The number of ether oxygens (including phenoxy) is 4. The first-order valence-corrected chi connectivity index (χ1v) is 12.4. The van der Waals surface area contributed by atoms with Crippen LogP contribution in [-0.4, -0.2) is 44.3 Å². The Kier molecular flexibility index (Phi) is 10.9. The lowest BCUT2D eigenvalue weighted by Crippen LogP contribution is -2.32. The molecule has 0 heterocycles. The van der Waals surface area contributed by atoms with E-state index < -0.39 is 17.8 Å². The van der Waals surface area contributed by atoms with Crippen LogP contribution in [0.1, 0.15) is 42.6 Å². The molecule has 0 saturated heterocycles. The molecule has 0 bridgehead atoms. The fraction of sp³-hybridized carbons (Fsp3) is 0.241. The molecule has 3 aromatic rings. The third-order valence-electron chi connectivity index (χ3n) is 5.26. The van der Waals surface area contributed by atoms with Gasteiger partial charge in [0.05, 0.1) is 32.1 Å². The van der Waals surface area contributed by atoms with Gasteiger partial charge < -0.3 is 24.3 Å². The normalized spacial score (nSPS) is 10.5. The average molecular weight is 534 g/mol. The quantitative estimate of drug-likeness (QED) is 0.0872. The van der Waals surface area contributed by atoms with Crippen molar-refractivity contribution < 1.29 is 33.3 Å². The van der Waals surface area contributed by atoms with Crippen molar-refractivity contribution in [3.05, 3.63) is 77.9 Å². The number of anilines is 1. The number of nitrogens with one attached hydrogen (secondary N) is 2. The van der Waals surface area contributed by atoms with Gasteiger partial charge in [0, 0.05) is 5.69 Å². The Bertz CT molecular complexity index is 1290. The van der Waals surface area contributed by atoms with Crippen LogP contribution in [0.5, 0.6) is 23.0 Å². The molecule has 39 heavy (non-hydrogen) atoms. The SMILES string of the molecule is CCCCOc1ccc(C(=O)Oc2ccc(/C=N/NC(=O)C(=O)Nc3ccc(OCC)cc3)cc2OC)cc1. The number of hydrogen-bond donors (Lipinski definition) is 2. The number of carbonyl (C=O) groups is 3. The second-order valence-electron chi connectivity index (χ2n) is 8.14. The minimum absolute atomic E-state index is 0.210. The second-order valence-corrected chi connectivity index (χ2v) is 8.14. The van der Waals surface area contributed by atoms with Gasteiger partial charge in [-0.3, -0.25) is 9.59 Å². The third-order valence-corrected chi connectivity index (χ3v) is 5.26.